The Morgan fingerprint density at radius 1 is 0.706 bits per heavy atom. The molecule has 1 saturated carbocycles. The number of aliphatic imine (C=N–C) groups is 2. The van der Waals surface area contributed by atoms with E-state index in [2.05, 4.69) is 41.5 Å². The molecule has 1 fully saturated rings. The third kappa shape index (κ3) is 7.56. The fourth-order valence-corrected chi connectivity index (χ4v) is 4.33. The van der Waals surface area contributed by atoms with Gasteiger partial charge in [0.1, 0.15) is 11.5 Å². The van der Waals surface area contributed by atoms with Crippen LogP contribution in [0.4, 0.5) is 0 Å². The van der Waals surface area contributed by atoms with Crippen LogP contribution in [0.25, 0.3) is 0 Å². The number of hydrogen-bond donors (Lipinski definition) is 2. The molecule has 4 nitrogen and oxygen atoms in total. The maximum atomic E-state index is 10.7. The van der Waals surface area contributed by atoms with Crippen LogP contribution in [0.15, 0.2) is 46.4 Å². The molecular formula is C28H38IMnN2O2-. The van der Waals surface area contributed by atoms with Gasteiger partial charge in [-0.3, -0.25) is 9.98 Å². The Morgan fingerprint density at radius 3 is 1.38 bits per heavy atom. The van der Waals surface area contributed by atoms with Crippen molar-refractivity contribution in [2.24, 2.45) is 9.98 Å². The van der Waals surface area contributed by atoms with Crippen molar-refractivity contribution in [1.82, 2.24) is 0 Å². The summed E-state index contributed by atoms with van der Waals surface area (Å²) in [5, 5.41) is 21.5. The normalized spacial score (nSPS) is 19.1. The first-order chi connectivity index (χ1) is 15.0. The summed E-state index contributed by atoms with van der Waals surface area (Å²) >= 11 is 0. The first-order valence-electron chi connectivity index (χ1n) is 11.7. The molecule has 3 rings (SSSR count). The van der Waals surface area contributed by atoms with Crippen LogP contribution in [0.3, 0.4) is 0 Å². The predicted octanol–water partition coefficient (Wildman–Crippen LogP) is 3.54. The van der Waals surface area contributed by atoms with Crippen LogP contribution in [0.1, 0.15) is 89.5 Å². The Kier molecular flexibility index (Phi) is 11.3. The Morgan fingerprint density at radius 2 is 1.06 bits per heavy atom. The number of rotatable bonds is 4. The van der Waals surface area contributed by atoms with Crippen molar-refractivity contribution in [2.75, 3.05) is 0 Å². The molecule has 1 aliphatic carbocycles. The molecule has 2 N–H and O–H groups in total. The quantitative estimate of drug-likeness (QED) is 0.314. The van der Waals surface area contributed by atoms with E-state index in [0.29, 0.717) is 11.5 Å². The maximum absolute atomic E-state index is 10.7. The van der Waals surface area contributed by atoms with Crippen molar-refractivity contribution < 1.29 is 51.3 Å². The van der Waals surface area contributed by atoms with E-state index in [9.17, 15) is 10.2 Å². The second kappa shape index (κ2) is 12.5. The molecule has 0 spiro atoms. The van der Waals surface area contributed by atoms with Gasteiger partial charge in [0.15, 0.2) is 0 Å². The molecule has 0 aromatic heterocycles. The molecule has 34 heavy (non-hydrogen) atoms. The molecule has 187 valence electrons. The Labute approximate surface area is 232 Å². The second-order valence-electron chi connectivity index (χ2n) is 11.0. The summed E-state index contributed by atoms with van der Waals surface area (Å²) < 4.78 is 0. The molecule has 0 saturated heterocycles. The summed E-state index contributed by atoms with van der Waals surface area (Å²) in [6.07, 6.45) is 7.83. The van der Waals surface area contributed by atoms with Crippen LogP contribution in [-0.4, -0.2) is 34.7 Å². The van der Waals surface area contributed by atoms with E-state index < -0.39 is 0 Å². The van der Waals surface area contributed by atoms with E-state index in [1.165, 1.54) is 0 Å². The van der Waals surface area contributed by atoms with Crippen molar-refractivity contribution in [2.45, 2.75) is 90.1 Å². The molecule has 0 bridgehead atoms. The summed E-state index contributed by atoms with van der Waals surface area (Å²) in [5.74, 6) is 0.618. The molecule has 0 amide bonds. The average Bonchev–Trinajstić information content (AvgIpc) is 2.71. The number of phenols is 2. The molecule has 0 unspecified atom stereocenters. The predicted molar refractivity (Wildman–Crippen MR) is 135 cm³/mol. The summed E-state index contributed by atoms with van der Waals surface area (Å²) in [5.41, 5.74) is 3.09. The third-order valence-corrected chi connectivity index (χ3v) is 6.25. The molecule has 2 aromatic rings. The van der Waals surface area contributed by atoms with E-state index >= 15 is 0 Å². The molecule has 1 aliphatic rings. The van der Waals surface area contributed by atoms with Crippen LogP contribution in [0.5, 0.6) is 11.5 Å². The van der Waals surface area contributed by atoms with Gasteiger partial charge in [0.05, 0.1) is 12.1 Å². The van der Waals surface area contributed by atoms with Gasteiger partial charge in [-0.2, -0.15) is 0 Å². The van der Waals surface area contributed by atoms with Gasteiger partial charge in [-0.05, 0) is 46.9 Å². The van der Waals surface area contributed by atoms with Crippen molar-refractivity contribution in [3.8, 4) is 11.5 Å². The molecular weight excluding hydrogens is 578 g/mol. The molecule has 2 aromatic carbocycles. The molecule has 0 aliphatic heterocycles. The van der Waals surface area contributed by atoms with Crippen molar-refractivity contribution in [1.29, 1.82) is 0 Å². The number of nitrogens with zero attached hydrogens (tertiary/aromatic N) is 2. The van der Waals surface area contributed by atoms with Gasteiger partial charge in [-0.1, -0.05) is 78.6 Å². The number of para-hydroxylation sites is 2. The fraction of sp³-hybridized carbons (Fsp3) is 0.500. The van der Waals surface area contributed by atoms with E-state index in [0.717, 1.165) is 47.9 Å². The molecule has 0 heterocycles. The van der Waals surface area contributed by atoms with Crippen LogP contribution in [0, 0.1) is 0 Å². The summed E-state index contributed by atoms with van der Waals surface area (Å²) in [6, 6.07) is 11.9. The topological polar surface area (TPSA) is 65.2 Å². The van der Waals surface area contributed by atoms with Gasteiger partial charge in [-0.25, -0.2) is 0 Å². The smallest absolute Gasteiger partial charge is 0.128 e. The van der Waals surface area contributed by atoms with E-state index in [4.69, 9.17) is 9.98 Å². The number of aromatic hydroxyl groups is 2. The van der Waals surface area contributed by atoms with Crippen molar-refractivity contribution >= 4 is 12.4 Å². The van der Waals surface area contributed by atoms with Crippen molar-refractivity contribution in [3.63, 3.8) is 0 Å². The number of halogens is 1. The molecule has 1 radical (unpaired) electrons. The number of hydrogen-bond acceptors (Lipinski definition) is 4. The number of benzene rings is 2. The van der Waals surface area contributed by atoms with Crippen LogP contribution in [-0.2, 0) is 27.9 Å². The van der Waals surface area contributed by atoms with Crippen LogP contribution in [0.2, 0.25) is 0 Å². The monoisotopic (exact) mass is 616 g/mol. The fourth-order valence-electron chi connectivity index (χ4n) is 4.33. The minimum Gasteiger partial charge on any atom is -1.00 e. The second-order valence-corrected chi connectivity index (χ2v) is 11.0. The average molecular weight is 616 g/mol. The van der Waals surface area contributed by atoms with Gasteiger partial charge in [0.2, 0.25) is 0 Å². The summed E-state index contributed by atoms with van der Waals surface area (Å²) in [7, 11) is 0. The van der Waals surface area contributed by atoms with Gasteiger partial charge in [0.25, 0.3) is 0 Å². The van der Waals surface area contributed by atoms with Gasteiger partial charge in [0, 0.05) is 40.6 Å². The Hall–Kier alpha value is -1.37. The summed E-state index contributed by atoms with van der Waals surface area (Å²) in [4.78, 5) is 9.70. The van der Waals surface area contributed by atoms with Crippen LogP contribution < -0.4 is 24.0 Å². The standard InChI is InChI=1S/C28H38N2O2.HI.Mn/c1-27(2,3)21-13-9-11-19(25(21)31)17-29-23-15-7-8-16-24(23)30-18-20-12-10-14-22(26(20)32)28(4,5)6;;/h9-14,17-18,23-24,31-32H,7-8,15-16H2,1-6H3;1H;/p-1/t23-,24-;;/m1../s1. The SMILES string of the molecule is CC(C)(C)c1cccc(C=N[C@@H]2CCCC[C@H]2N=Cc2cccc(C(C)(C)C)c2O)c1O.[I-].[Mn]. The van der Waals surface area contributed by atoms with Crippen LogP contribution >= 0.6 is 0 Å². The van der Waals surface area contributed by atoms with E-state index in [-0.39, 0.29) is 64.0 Å². The van der Waals surface area contributed by atoms with Gasteiger partial charge < -0.3 is 34.2 Å². The Balaban J connectivity index is 0.00000289. The van der Waals surface area contributed by atoms with E-state index in [1.807, 2.05) is 36.4 Å². The van der Waals surface area contributed by atoms with Crippen molar-refractivity contribution in [3.05, 3.63) is 58.7 Å². The number of phenolic OH excluding ortho intramolecular Hbond substituents is 2. The summed E-state index contributed by atoms with van der Waals surface area (Å²) in [6.45, 7) is 12.6. The van der Waals surface area contributed by atoms with Gasteiger partial charge >= 0.3 is 0 Å². The maximum Gasteiger partial charge on any atom is 0.128 e. The first kappa shape index (κ1) is 30.7. The zero-order valence-electron chi connectivity index (χ0n) is 21.1. The molecule has 6 heteroatoms. The first-order valence-corrected chi connectivity index (χ1v) is 11.7. The zero-order valence-corrected chi connectivity index (χ0v) is 24.5. The minimum atomic E-state index is -0.130. The van der Waals surface area contributed by atoms with E-state index in [1.54, 1.807) is 12.4 Å². The largest absolute Gasteiger partial charge is 1.00 e. The third-order valence-electron chi connectivity index (χ3n) is 6.25. The molecule has 2 atom stereocenters. The minimum absolute atomic E-state index is 0. The zero-order chi connectivity index (χ0) is 23.5. The van der Waals surface area contributed by atoms with Gasteiger partial charge in [-0.15, -0.1) is 0 Å². The Bertz CT molecular complexity index is 925.